The standard InChI is InChI=1S/C17H27NO3/c1-5-18-14(9-12-7-6-8-12)13-10-16(20-3)17(21-4)11-15(13)19-2/h10-12,14,18H,5-9H2,1-4H3. The Hall–Kier alpha value is -1.42. The molecule has 1 aliphatic rings. The van der Waals surface area contributed by atoms with Crippen molar-refractivity contribution in [3.05, 3.63) is 17.7 Å². The number of hydrogen-bond donors (Lipinski definition) is 1. The van der Waals surface area contributed by atoms with E-state index in [2.05, 4.69) is 12.2 Å². The molecule has 0 radical (unpaired) electrons. The Balaban J connectivity index is 2.31. The van der Waals surface area contributed by atoms with E-state index in [-0.39, 0.29) is 0 Å². The van der Waals surface area contributed by atoms with Crippen molar-refractivity contribution >= 4 is 0 Å². The van der Waals surface area contributed by atoms with Crippen LogP contribution in [0.5, 0.6) is 17.2 Å². The van der Waals surface area contributed by atoms with Gasteiger partial charge in [0, 0.05) is 17.7 Å². The van der Waals surface area contributed by atoms with Crippen LogP contribution >= 0.6 is 0 Å². The van der Waals surface area contributed by atoms with Crippen molar-refractivity contribution < 1.29 is 14.2 Å². The van der Waals surface area contributed by atoms with E-state index in [1.807, 2.05) is 12.1 Å². The topological polar surface area (TPSA) is 39.7 Å². The molecule has 1 atom stereocenters. The molecule has 1 saturated carbocycles. The predicted molar refractivity (Wildman–Crippen MR) is 84.5 cm³/mol. The number of rotatable bonds is 8. The minimum atomic E-state index is 0.301. The molecule has 0 spiro atoms. The molecule has 1 N–H and O–H groups in total. The molecule has 1 aliphatic carbocycles. The summed E-state index contributed by atoms with van der Waals surface area (Å²) in [5.41, 5.74) is 1.16. The van der Waals surface area contributed by atoms with Crippen LogP contribution in [0.15, 0.2) is 12.1 Å². The number of hydrogen-bond acceptors (Lipinski definition) is 4. The van der Waals surface area contributed by atoms with Gasteiger partial charge in [-0.25, -0.2) is 0 Å². The normalized spacial score (nSPS) is 16.2. The quantitative estimate of drug-likeness (QED) is 0.795. The van der Waals surface area contributed by atoms with E-state index < -0.39 is 0 Å². The molecule has 0 aliphatic heterocycles. The van der Waals surface area contributed by atoms with Crippen molar-refractivity contribution in [2.75, 3.05) is 27.9 Å². The summed E-state index contributed by atoms with van der Waals surface area (Å²) < 4.78 is 16.4. The summed E-state index contributed by atoms with van der Waals surface area (Å²) in [5.74, 6) is 3.14. The molecule has 4 heteroatoms. The monoisotopic (exact) mass is 293 g/mol. The highest BCUT2D eigenvalue weighted by atomic mass is 16.5. The summed E-state index contributed by atoms with van der Waals surface area (Å²) in [5, 5.41) is 3.59. The van der Waals surface area contributed by atoms with Crippen LogP contribution in [-0.2, 0) is 0 Å². The third-order valence-electron chi connectivity index (χ3n) is 4.36. The van der Waals surface area contributed by atoms with E-state index in [1.165, 1.54) is 19.3 Å². The molecular weight excluding hydrogens is 266 g/mol. The highest BCUT2D eigenvalue weighted by Crippen LogP contribution is 2.41. The first-order valence-corrected chi connectivity index (χ1v) is 7.76. The average Bonchev–Trinajstić information content (AvgIpc) is 2.48. The molecule has 2 rings (SSSR count). The van der Waals surface area contributed by atoms with Crippen LogP contribution in [0, 0.1) is 5.92 Å². The second kappa shape index (κ2) is 7.55. The third-order valence-corrected chi connectivity index (χ3v) is 4.36. The van der Waals surface area contributed by atoms with Gasteiger partial charge in [0.15, 0.2) is 11.5 Å². The van der Waals surface area contributed by atoms with E-state index in [0.717, 1.165) is 35.9 Å². The van der Waals surface area contributed by atoms with Gasteiger partial charge in [-0.15, -0.1) is 0 Å². The SMILES string of the molecule is CCNC(CC1CCC1)c1cc(OC)c(OC)cc1OC. The van der Waals surface area contributed by atoms with Crippen molar-refractivity contribution in [2.24, 2.45) is 5.92 Å². The zero-order valence-corrected chi connectivity index (χ0v) is 13.6. The lowest BCUT2D eigenvalue weighted by Gasteiger charge is -2.31. The number of ether oxygens (including phenoxy) is 3. The molecule has 0 amide bonds. The molecular formula is C17H27NO3. The van der Waals surface area contributed by atoms with Crippen LogP contribution in [0.1, 0.15) is 44.2 Å². The summed E-state index contributed by atoms with van der Waals surface area (Å²) in [4.78, 5) is 0. The van der Waals surface area contributed by atoms with Gasteiger partial charge in [0.25, 0.3) is 0 Å². The number of benzene rings is 1. The summed E-state index contributed by atoms with van der Waals surface area (Å²) in [6.45, 7) is 3.08. The van der Waals surface area contributed by atoms with Crippen molar-refractivity contribution in [1.29, 1.82) is 0 Å². The van der Waals surface area contributed by atoms with Crippen molar-refractivity contribution in [1.82, 2.24) is 5.32 Å². The van der Waals surface area contributed by atoms with Gasteiger partial charge in [0.05, 0.1) is 21.3 Å². The Bertz CT molecular complexity index is 458. The van der Waals surface area contributed by atoms with Gasteiger partial charge in [0.2, 0.25) is 0 Å². The average molecular weight is 293 g/mol. The van der Waals surface area contributed by atoms with Gasteiger partial charge >= 0.3 is 0 Å². The molecule has 21 heavy (non-hydrogen) atoms. The molecule has 0 aromatic heterocycles. The molecule has 1 fully saturated rings. The molecule has 118 valence electrons. The van der Waals surface area contributed by atoms with Crippen LogP contribution in [0.3, 0.4) is 0 Å². The first kappa shape index (κ1) is 16.0. The van der Waals surface area contributed by atoms with Gasteiger partial charge in [-0.3, -0.25) is 0 Å². The zero-order valence-electron chi connectivity index (χ0n) is 13.6. The largest absolute Gasteiger partial charge is 0.496 e. The van der Waals surface area contributed by atoms with Crippen molar-refractivity contribution in [3.63, 3.8) is 0 Å². The lowest BCUT2D eigenvalue weighted by atomic mass is 9.79. The van der Waals surface area contributed by atoms with Crippen LogP contribution in [-0.4, -0.2) is 27.9 Å². The molecule has 0 saturated heterocycles. The van der Waals surface area contributed by atoms with Crippen LogP contribution in [0.4, 0.5) is 0 Å². The van der Waals surface area contributed by atoms with Crippen LogP contribution in [0.25, 0.3) is 0 Å². The molecule has 0 bridgehead atoms. The summed E-state index contributed by atoms with van der Waals surface area (Å²) >= 11 is 0. The van der Waals surface area contributed by atoms with Gasteiger partial charge in [-0.1, -0.05) is 26.2 Å². The van der Waals surface area contributed by atoms with Gasteiger partial charge in [0.1, 0.15) is 5.75 Å². The van der Waals surface area contributed by atoms with E-state index >= 15 is 0 Å². The minimum absolute atomic E-state index is 0.301. The van der Waals surface area contributed by atoms with E-state index in [9.17, 15) is 0 Å². The second-order valence-corrected chi connectivity index (χ2v) is 5.59. The Morgan fingerprint density at radius 1 is 1.05 bits per heavy atom. The maximum Gasteiger partial charge on any atom is 0.164 e. The first-order valence-electron chi connectivity index (χ1n) is 7.76. The molecule has 1 aromatic rings. The fourth-order valence-corrected chi connectivity index (χ4v) is 2.95. The molecule has 0 heterocycles. The van der Waals surface area contributed by atoms with Crippen molar-refractivity contribution in [3.8, 4) is 17.2 Å². The Labute approximate surface area is 127 Å². The van der Waals surface area contributed by atoms with Crippen LogP contribution in [0.2, 0.25) is 0 Å². The lowest BCUT2D eigenvalue weighted by molar-refractivity contribution is 0.258. The smallest absolute Gasteiger partial charge is 0.164 e. The summed E-state index contributed by atoms with van der Waals surface area (Å²) in [7, 11) is 5.02. The molecule has 4 nitrogen and oxygen atoms in total. The van der Waals surface area contributed by atoms with Crippen LogP contribution < -0.4 is 19.5 Å². The fourth-order valence-electron chi connectivity index (χ4n) is 2.95. The van der Waals surface area contributed by atoms with E-state index in [1.54, 1.807) is 21.3 Å². The van der Waals surface area contributed by atoms with Crippen molar-refractivity contribution in [2.45, 2.75) is 38.6 Å². The Kier molecular flexibility index (Phi) is 5.74. The molecule has 1 aromatic carbocycles. The second-order valence-electron chi connectivity index (χ2n) is 5.59. The number of nitrogens with one attached hydrogen (secondary N) is 1. The van der Waals surface area contributed by atoms with E-state index in [0.29, 0.717) is 11.8 Å². The molecule has 1 unspecified atom stereocenters. The summed E-state index contributed by atoms with van der Waals surface area (Å²) in [6.07, 6.45) is 5.21. The van der Waals surface area contributed by atoms with Gasteiger partial charge < -0.3 is 19.5 Å². The minimum Gasteiger partial charge on any atom is -0.496 e. The Morgan fingerprint density at radius 3 is 2.14 bits per heavy atom. The predicted octanol–water partition coefficient (Wildman–Crippen LogP) is 3.55. The third kappa shape index (κ3) is 3.62. The summed E-state index contributed by atoms with van der Waals surface area (Å²) in [6, 6.07) is 4.26. The zero-order chi connectivity index (χ0) is 15.2. The van der Waals surface area contributed by atoms with Gasteiger partial charge in [-0.2, -0.15) is 0 Å². The lowest BCUT2D eigenvalue weighted by Crippen LogP contribution is -2.26. The van der Waals surface area contributed by atoms with E-state index in [4.69, 9.17) is 14.2 Å². The number of methoxy groups -OCH3 is 3. The first-order chi connectivity index (χ1) is 10.2. The highest BCUT2D eigenvalue weighted by molar-refractivity contribution is 5.51. The fraction of sp³-hybridized carbons (Fsp3) is 0.647. The Morgan fingerprint density at radius 2 is 1.67 bits per heavy atom. The van der Waals surface area contributed by atoms with Gasteiger partial charge in [-0.05, 0) is 24.9 Å². The highest BCUT2D eigenvalue weighted by Gasteiger charge is 2.25. The maximum atomic E-state index is 5.57. The maximum absolute atomic E-state index is 5.57.